The third kappa shape index (κ3) is 3.50. The number of hydrogen-bond acceptors (Lipinski definition) is 4. The van der Waals surface area contributed by atoms with Crippen molar-refractivity contribution in [1.82, 2.24) is 13.9 Å². The zero-order valence-corrected chi connectivity index (χ0v) is 18.0. The van der Waals surface area contributed by atoms with E-state index in [0.717, 1.165) is 15.6 Å². The average Bonchev–Trinajstić information content (AvgIpc) is 3.20. The molecule has 0 saturated heterocycles. The summed E-state index contributed by atoms with van der Waals surface area (Å²) in [6.45, 7) is 0.359. The molecule has 3 aromatic carbocycles. The quantitative estimate of drug-likeness (QED) is 0.472. The summed E-state index contributed by atoms with van der Waals surface area (Å²) < 4.78 is 30.3. The summed E-state index contributed by atoms with van der Waals surface area (Å²) in [4.78, 5) is 18.2. The minimum atomic E-state index is -4.10. The van der Waals surface area contributed by atoms with E-state index < -0.39 is 22.0 Å². The first-order chi connectivity index (χ1) is 15.6. The van der Waals surface area contributed by atoms with Crippen LogP contribution in [0, 0.1) is 0 Å². The van der Waals surface area contributed by atoms with Gasteiger partial charge in [0.05, 0.1) is 10.6 Å². The Kier molecular flexibility index (Phi) is 5.11. The molecule has 1 aliphatic rings. The summed E-state index contributed by atoms with van der Waals surface area (Å²) in [6.07, 6.45) is 1.96. The number of benzene rings is 3. The van der Waals surface area contributed by atoms with Crippen molar-refractivity contribution in [2.75, 3.05) is 0 Å². The second-order valence-corrected chi connectivity index (χ2v) is 9.43. The summed E-state index contributed by atoms with van der Waals surface area (Å²) in [5, 5.41) is 0. The van der Waals surface area contributed by atoms with E-state index in [1.807, 2.05) is 71.4 Å². The maximum Gasteiger partial charge on any atom is 0.267 e. The molecule has 2 heterocycles. The predicted molar refractivity (Wildman–Crippen MR) is 121 cm³/mol. The molecule has 1 aliphatic heterocycles. The van der Waals surface area contributed by atoms with E-state index in [1.165, 1.54) is 12.1 Å². The lowest BCUT2D eigenvalue weighted by Crippen LogP contribution is -2.39. The maximum atomic E-state index is 13.7. The van der Waals surface area contributed by atoms with Gasteiger partial charge in [-0.15, -0.1) is 0 Å². The highest BCUT2D eigenvalue weighted by Crippen LogP contribution is 2.37. The number of amides is 1. The SMILES string of the molecule is O=C1CCn2cc(-c3ccccc3)nc2C(c2ccccc2)N1S(=O)(=O)c1ccccc1. The number of fused-ring (bicyclic) bond motifs is 1. The van der Waals surface area contributed by atoms with Gasteiger partial charge in [-0.25, -0.2) is 17.7 Å². The average molecular weight is 444 g/mol. The summed E-state index contributed by atoms with van der Waals surface area (Å²) in [7, 11) is -4.10. The topological polar surface area (TPSA) is 72.3 Å². The van der Waals surface area contributed by atoms with Crippen LogP contribution < -0.4 is 0 Å². The summed E-state index contributed by atoms with van der Waals surface area (Å²) >= 11 is 0. The highest BCUT2D eigenvalue weighted by molar-refractivity contribution is 7.89. The molecule has 6 nitrogen and oxygen atoms in total. The number of carbonyl (C=O) groups is 1. The Hall–Kier alpha value is -3.71. The first-order valence-electron chi connectivity index (χ1n) is 10.4. The van der Waals surface area contributed by atoms with Gasteiger partial charge in [-0.3, -0.25) is 4.79 Å². The highest BCUT2D eigenvalue weighted by Gasteiger charge is 2.41. The third-order valence-corrected chi connectivity index (χ3v) is 7.38. The highest BCUT2D eigenvalue weighted by atomic mass is 32.2. The van der Waals surface area contributed by atoms with E-state index >= 15 is 0 Å². The molecule has 0 aliphatic carbocycles. The Morgan fingerprint density at radius 3 is 2.06 bits per heavy atom. The fourth-order valence-electron chi connectivity index (χ4n) is 4.05. The molecule has 0 radical (unpaired) electrons. The Bertz CT molecular complexity index is 1350. The molecule has 0 fully saturated rings. The van der Waals surface area contributed by atoms with E-state index in [-0.39, 0.29) is 11.3 Å². The Morgan fingerprint density at radius 1 is 0.812 bits per heavy atom. The van der Waals surface area contributed by atoms with Crippen molar-refractivity contribution in [1.29, 1.82) is 0 Å². The minimum Gasteiger partial charge on any atom is -0.332 e. The molecular formula is C25H21N3O3S. The molecule has 1 aromatic heterocycles. The molecule has 1 unspecified atom stereocenters. The fourth-order valence-corrected chi connectivity index (χ4v) is 5.63. The van der Waals surface area contributed by atoms with Crippen LogP contribution in [-0.2, 0) is 21.4 Å². The molecule has 0 bridgehead atoms. The maximum absolute atomic E-state index is 13.7. The van der Waals surface area contributed by atoms with Crippen LogP contribution in [0.15, 0.2) is 102 Å². The second-order valence-electron chi connectivity index (χ2n) is 7.61. The van der Waals surface area contributed by atoms with Crippen LogP contribution in [0.3, 0.4) is 0 Å². The van der Waals surface area contributed by atoms with Crippen molar-refractivity contribution in [2.24, 2.45) is 0 Å². The van der Waals surface area contributed by atoms with Crippen LogP contribution in [-0.4, -0.2) is 28.2 Å². The fraction of sp³-hybridized carbons (Fsp3) is 0.120. The molecule has 4 aromatic rings. The van der Waals surface area contributed by atoms with Gasteiger partial charge < -0.3 is 4.57 Å². The van der Waals surface area contributed by atoms with Gasteiger partial charge in [0.25, 0.3) is 10.0 Å². The molecule has 160 valence electrons. The van der Waals surface area contributed by atoms with Crippen LogP contribution in [0.4, 0.5) is 0 Å². The van der Waals surface area contributed by atoms with Crippen LogP contribution >= 0.6 is 0 Å². The molecule has 0 spiro atoms. The summed E-state index contributed by atoms with van der Waals surface area (Å²) in [5.74, 6) is 0.0786. The van der Waals surface area contributed by atoms with E-state index in [0.29, 0.717) is 17.9 Å². The second kappa shape index (κ2) is 8.09. The smallest absolute Gasteiger partial charge is 0.267 e. The molecule has 1 atom stereocenters. The van der Waals surface area contributed by atoms with Crippen LogP contribution in [0.5, 0.6) is 0 Å². The molecule has 5 rings (SSSR count). The Morgan fingerprint density at radius 2 is 1.41 bits per heavy atom. The molecule has 1 amide bonds. The lowest BCUT2D eigenvalue weighted by atomic mass is 10.1. The van der Waals surface area contributed by atoms with E-state index in [4.69, 9.17) is 4.98 Å². The number of rotatable bonds is 4. The van der Waals surface area contributed by atoms with Crippen LogP contribution in [0.1, 0.15) is 23.9 Å². The van der Waals surface area contributed by atoms with Crippen molar-refractivity contribution in [3.63, 3.8) is 0 Å². The van der Waals surface area contributed by atoms with Crippen molar-refractivity contribution in [3.05, 3.63) is 109 Å². The van der Waals surface area contributed by atoms with Gasteiger partial charge in [-0.05, 0) is 17.7 Å². The Balaban J connectivity index is 1.72. The van der Waals surface area contributed by atoms with Crippen LogP contribution in [0.2, 0.25) is 0 Å². The predicted octanol–water partition coefficient (Wildman–Crippen LogP) is 4.26. The summed E-state index contributed by atoms with van der Waals surface area (Å²) in [6, 6.07) is 26.1. The first kappa shape index (κ1) is 20.2. The van der Waals surface area contributed by atoms with E-state index in [2.05, 4.69) is 0 Å². The number of hydrogen-bond donors (Lipinski definition) is 0. The summed E-state index contributed by atoms with van der Waals surface area (Å²) in [5.41, 5.74) is 2.37. The normalized spacial score (nSPS) is 16.4. The van der Waals surface area contributed by atoms with Gasteiger partial charge in [0.15, 0.2) is 0 Å². The number of nitrogens with zero attached hydrogens (tertiary/aromatic N) is 3. The standard InChI is InChI=1S/C25H21N3O3S/c29-23-16-17-27-18-22(19-10-4-1-5-11-19)26-25(27)24(20-12-6-2-7-13-20)28(23)32(30,31)21-14-8-3-9-15-21/h1-15,18,24H,16-17H2. The van der Waals surface area contributed by atoms with Gasteiger partial charge >= 0.3 is 0 Å². The van der Waals surface area contributed by atoms with E-state index in [9.17, 15) is 13.2 Å². The van der Waals surface area contributed by atoms with Crippen LogP contribution in [0.25, 0.3) is 11.3 Å². The zero-order valence-electron chi connectivity index (χ0n) is 17.2. The minimum absolute atomic E-state index is 0.0625. The number of carbonyl (C=O) groups excluding carboxylic acids is 1. The molecule has 7 heteroatoms. The molecule has 32 heavy (non-hydrogen) atoms. The van der Waals surface area contributed by atoms with Gasteiger partial charge in [-0.2, -0.15) is 0 Å². The first-order valence-corrected chi connectivity index (χ1v) is 11.8. The van der Waals surface area contributed by atoms with Crippen molar-refractivity contribution < 1.29 is 13.2 Å². The van der Waals surface area contributed by atoms with E-state index in [1.54, 1.807) is 18.2 Å². The molecule has 0 N–H and O–H groups in total. The van der Waals surface area contributed by atoms with Crippen molar-refractivity contribution in [2.45, 2.75) is 23.9 Å². The van der Waals surface area contributed by atoms with Gasteiger partial charge in [-0.1, -0.05) is 78.9 Å². The van der Waals surface area contributed by atoms with Gasteiger partial charge in [0.1, 0.15) is 11.9 Å². The number of aromatic nitrogens is 2. The van der Waals surface area contributed by atoms with Gasteiger partial charge in [0.2, 0.25) is 5.91 Å². The lowest BCUT2D eigenvalue weighted by molar-refractivity contribution is -0.127. The monoisotopic (exact) mass is 443 g/mol. The number of aryl methyl sites for hydroxylation is 1. The lowest BCUT2D eigenvalue weighted by Gasteiger charge is -2.29. The van der Waals surface area contributed by atoms with Gasteiger partial charge in [0, 0.05) is 24.7 Å². The number of sulfonamides is 1. The Labute approximate surface area is 186 Å². The zero-order chi connectivity index (χ0) is 22.1. The van der Waals surface area contributed by atoms with Crippen molar-refractivity contribution >= 4 is 15.9 Å². The van der Waals surface area contributed by atoms with Crippen molar-refractivity contribution in [3.8, 4) is 11.3 Å². The molecular weight excluding hydrogens is 422 g/mol. The molecule has 0 saturated carbocycles. The third-order valence-electron chi connectivity index (χ3n) is 5.58. The largest absolute Gasteiger partial charge is 0.332 e. The number of imidazole rings is 1.